The summed E-state index contributed by atoms with van der Waals surface area (Å²) >= 11 is 9.00. The molecule has 0 N–H and O–H groups in total. The first-order chi connectivity index (χ1) is 5.56. The molecule has 0 heterocycles. The van der Waals surface area contributed by atoms with Crippen LogP contribution in [-0.4, -0.2) is 6.29 Å². The summed E-state index contributed by atoms with van der Waals surface area (Å²) in [5, 5.41) is 0.674. The van der Waals surface area contributed by atoms with E-state index >= 15 is 0 Å². The molecule has 1 nitrogen and oxygen atoms in total. The van der Waals surface area contributed by atoms with Gasteiger partial charge in [-0.15, -0.1) is 0 Å². The lowest BCUT2D eigenvalue weighted by Crippen LogP contribution is -2.13. The number of carbonyl (C=O) groups is 1. The third kappa shape index (κ3) is 2.08. The molecule has 1 rings (SSSR count). The topological polar surface area (TPSA) is 17.1 Å². The molecule has 0 aromatic heterocycles. The van der Waals surface area contributed by atoms with Crippen LogP contribution >= 0.6 is 27.5 Å². The normalized spacial score (nSPS) is 15.2. The van der Waals surface area contributed by atoms with Gasteiger partial charge in [0.1, 0.15) is 10.6 Å². The lowest BCUT2D eigenvalue weighted by atomic mass is 10.0. The van der Waals surface area contributed by atoms with E-state index in [1.54, 1.807) is 19.1 Å². The summed E-state index contributed by atoms with van der Waals surface area (Å²) in [6.45, 7) is 1.79. The molecule has 1 unspecified atom stereocenters. The maximum Gasteiger partial charge on any atom is 0.140 e. The zero-order valence-corrected chi connectivity index (χ0v) is 8.89. The summed E-state index contributed by atoms with van der Waals surface area (Å²) in [6, 6.07) is 7.18. The molecule has 0 spiro atoms. The Morgan fingerprint density at radius 2 is 1.92 bits per heavy atom. The molecule has 0 radical (unpaired) electrons. The van der Waals surface area contributed by atoms with E-state index in [2.05, 4.69) is 15.9 Å². The van der Waals surface area contributed by atoms with Gasteiger partial charge in [0.25, 0.3) is 0 Å². The van der Waals surface area contributed by atoms with E-state index in [0.717, 1.165) is 11.8 Å². The van der Waals surface area contributed by atoms with Crippen LogP contribution in [0.4, 0.5) is 0 Å². The maximum atomic E-state index is 10.6. The molecule has 0 aliphatic rings. The van der Waals surface area contributed by atoms with Crippen LogP contribution in [0.2, 0.25) is 5.02 Å². The molecule has 1 atom stereocenters. The van der Waals surface area contributed by atoms with Crippen LogP contribution in [0.15, 0.2) is 24.3 Å². The van der Waals surface area contributed by atoms with E-state index in [9.17, 15) is 4.79 Å². The SMILES string of the molecule is CC(Br)(C=O)c1ccc(Cl)cc1. The predicted molar refractivity (Wildman–Crippen MR) is 53.8 cm³/mol. The minimum atomic E-state index is -0.600. The summed E-state index contributed by atoms with van der Waals surface area (Å²) in [6.07, 6.45) is 0.857. The van der Waals surface area contributed by atoms with Crippen molar-refractivity contribution in [3.8, 4) is 0 Å². The van der Waals surface area contributed by atoms with Gasteiger partial charge in [-0.3, -0.25) is 0 Å². The highest BCUT2D eigenvalue weighted by Gasteiger charge is 2.21. The molecule has 1 aromatic carbocycles. The average Bonchev–Trinajstić information content (AvgIpc) is 2.05. The summed E-state index contributed by atoms with van der Waals surface area (Å²) in [7, 11) is 0. The number of rotatable bonds is 2. The number of hydrogen-bond donors (Lipinski definition) is 0. The second kappa shape index (κ2) is 3.58. The quantitative estimate of drug-likeness (QED) is 0.580. The van der Waals surface area contributed by atoms with Crippen molar-refractivity contribution in [1.82, 2.24) is 0 Å². The highest BCUT2D eigenvalue weighted by molar-refractivity contribution is 9.10. The molecule has 0 bridgehead atoms. The molecule has 0 aliphatic heterocycles. The third-order valence-corrected chi connectivity index (χ3v) is 2.53. The molecule has 3 heteroatoms. The van der Waals surface area contributed by atoms with Crippen molar-refractivity contribution in [3.63, 3.8) is 0 Å². The van der Waals surface area contributed by atoms with Gasteiger partial charge in [0.05, 0.1) is 0 Å². The largest absolute Gasteiger partial charge is 0.301 e. The molecule has 0 aliphatic carbocycles. The maximum absolute atomic E-state index is 10.6. The number of carbonyl (C=O) groups excluding carboxylic acids is 1. The van der Waals surface area contributed by atoms with Crippen LogP contribution < -0.4 is 0 Å². The van der Waals surface area contributed by atoms with Crippen molar-refractivity contribution in [2.75, 3.05) is 0 Å². The lowest BCUT2D eigenvalue weighted by molar-refractivity contribution is -0.109. The lowest BCUT2D eigenvalue weighted by Gasteiger charge is -2.14. The van der Waals surface area contributed by atoms with E-state index in [0.29, 0.717) is 5.02 Å². The molecule has 1 aromatic rings. The summed E-state index contributed by atoms with van der Waals surface area (Å²) in [5.41, 5.74) is 0.905. The Bertz CT molecular complexity index is 279. The molecular weight excluding hydrogens is 239 g/mol. The van der Waals surface area contributed by atoms with E-state index in [1.165, 1.54) is 0 Å². The Morgan fingerprint density at radius 1 is 1.42 bits per heavy atom. The van der Waals surface area contributed by atoms with Crippen LogP contribution in [0.1, 0.15) is 12.5 Å². The molecule has 0 saturated heterocycles. The summed E-state index contributed by atoms with van der Waals surface area (Å²) < 4.78 is -0.600. The van der Waals surface area contributed by atoms with Gasteiger partial charge in [0, 0.05) is 5.02 Å². The van der Waals surface area contributed by atoms with Gasteiger partial charge < -0.3 is 4.79 Å². The minimum Gasteiger partial charge on any atom is -0.301 e. The molecule has 12 heavy (non-hydrogen) atoms. The van der Waals surface area contributed by atoms with Crippen molar-refractivity contribution in [1.29, 1.82) is 0 Å². The van der Waals surface area contributed by atoms with Crippen LogP contribution in [0, 0.1) is 0 Å². The van der Waals surface area contributed by atoms with Gasteiger partial charge in [-0.1, -0.05) is 39.7 Å². The van der Waals surface area contributed by atoms with Crippen LogP contribution in [-0.2, 0) is 9.12 Å². The third-order valence-electron chi connectivity index (χ3n) is 1.63. The average molecular weight is 248 g/mol. The van der Waals surface area contributed by atoms with Gasteiger partial charge >= 0.3 is 0 Å². The monoisotopic (exact) mass is 246 g/mol. The van der Waals surface area contributed by atoms with Crippen molar-refractivity contribution >= 4 is 33.8 Å². The van der Waals surface area contributed by atoms with E-state index in [-0.39, 0.29) is 0 Å². The molecule has 0 saturated carbocycles. The smallest absolute Gasteiger partial charge is 0.140 e. The number of hydrogen-bond acceptors (Lipinski definition) is 1. The van der Waals surface area contributed by atoms with Gasteiger partial charge in [-0.05, 0) is 24.6 Å². The standard InChI is InChI=1S/C9H8BrClO/c1-9(10,6-12)7-2-4-8(11)5-3-7/h2-6H,1H3. The van der Waals surface area contributed by atoms with E-state index < -0.39 is 4.32 Å². The van der Waals surface area contributed by atoms with Gasteiger partial charge in [-0.25, -0.2) is 0 Å². The Hall–Kier alpha value is -0.340. The first-order valence-corrected chi connectivity index (χ1v) is 4.64. The van der Waals surface area contributed by atoms with Crippen molar-refractivity contribution in [2.45, 2.75) is 11.2 Å². The number of aldehydes is 1. The van der Waals surface area contributed by atoms with Crippen molar-refractivity contribution < 1.29 is 4.79 Å². The van der Waals surface area contributed by atoms with Gasteiger partial charge in [-0.2, -0.15) is 0 Å². The van der Waals surface area contributed by atoms with Crippen LogP contribution in [0.3, 0.4) is 0 Å². The van der Waals surface area contributed by atoms with Crippen molar-refractivity contribution in [2.24, 2.45) is 0 Å². The predicted octanol–water partition coefficient (Wildman–Crippen LogP) is 3.15. The number of alkyl halides is 1. The second-order valence-electron chi connectivity index (χ2n) is 2.70. The Labute approximate surface area is 84.9 Å². The summed E-state index contributed by atoms with van der Waals surface area (Å²) in [4.78, 5) is 10.6. The minimum absolute atomic E-state index is 0.600. The van der Waals surface area contributed by atoms with Gasteiger partial charge in [0.15, 0.2) is 0 Å². The highest BCUT2D eigenvalue weighted by Crippen LogP contribution is 2.28. The Balaban J connectivity index is 3.04. The Kier molecular flexibility index (Phi) is 2.91. The zero-order valence-electron chi connectivity index (χ0n) is 6.55. The number of benzene rings is 1. The van der Waals surface area contributed by atoms with E-state index in [4.69, 9.17) is 11.6 Å². The fourth-order valence-electron chi connectivity index (χ4n) is 0.844. The fourth-order valence-corrected chi connectivity index (χ4v) is 1.23. The van der Waals surface area contributed by atoms with Crippen LogP contribution in [0.5, 0.6) is 0 Å². The van der Waals surface area contributed by atoms with Gasteiger partial charge in [0.2, 0.25) is 0 Å². The highest BCUT2D eigenvalue weighted by atomic mass is 79.9. The van der Waals surface area contributed by atoms with Crippen molar-refractivity contribution in [3.05, 3.63) is 34.9 Å². The summed E-state index contributed by atoms with van der Waals surface area (Å²) in [5.74, 6) is 0. The number of halogens is 2. The zero-order chi connectivity index (χ0) is 9.19. The molecule has 0 amide bonds. The second-order valence-corrected chi connectivity index (χ2v) is 4.78. The first-order valence-electron chi connectivity index (χ1n) is 3.47. The van der Waals surface area contributed by atoms with E-state index in [1.807, 2.05) is 12.1 Å². The van der Waals surface area contributed by atoms with Crippen LogP contribution in [0.25, 0.3) is 0 Å². The Morgan fingerprint density at radius 3 is 2.33 bits per heavy atom. The first kappa shape index (κ1) is 9.75. The fraction of sp³-hybridized carbons (Fsp3) is 0.222. The molecule has 64 valence electrons. The molecular formula is C9H8BrClO. The molecule has 0 fully saturated rings.